The Morgan fingerprint density at radius 3 is 2.70 bits per heavy atom. The monoisotopic (exact) mass is 313 g/mol. The van der Waals surface area contributed by atoms with Crippen molar-refractivity contribution < 1.29 is 19.1 Å². The van der Waals surface area contributed by atoms with E-state index < -0.39 is 12.1 Å². The number of fused-ring (bicyclic) bond motifs is 1. The van der Waals surface area contributed by atoms with Gasteiger partial charge in [0.1, 0.15) is 5.75 Å². The fourth-order valence-corrected chi connectivity index (χ4v) is 2.00. The van der Waals surface area contributed by atoms with Crippen LogP contribution in [-0.2, 0) is 14.3 Å². The first-order valence-corrected chi connectivity index (χ1v) is 7.30. The van der Waals surface area contributed by atoms with Crippen molar-refractivity contribution in [3.05, 3.63) is 55.1 Å². The molecule has 0 heterocycles. The molecule has 0 saturated heterocycles. The maximum absolute atomic E-state index is 11.7. The van der Waals surface area contributed by atoms with Gasteiger partial charge in [-0.3, -0.25) is 4.79 Å². The number of hydrogen-bond acceptors (Lipinski definition) is 4. The van der Waals surface area contributed by atoms with Crippen molar-refractivity contribution in [3.8, 4) is 5.75 Å². The SMILES string of the molecule is C=CCNC(=O)C(C)OC(=O)COc1ccc2ccccc2c1. The van der Waals surface area contributed by atoms with Crippen molar-refractivity contribution in [1.29, 1.82) is 0 Å². The Balaban J connectivity index is 1.85. The first-order valence-electron chi connectivity index (χ1n) is 7.30. The van der Waals surface area contributed by atoms with Crippen LogP contribution in [0.5, 0.6) is 5.75 Å². The molecule has 1 unspecified atom stereocenters. The first-order chi connectivity index (χ1) is 11.1. The van der Waals surface area contributed by atoms with Crippen molar-refractivity contribution >= 4 is 22.6 Å². The summed E-state index contributed by atoms with van der Waals surface area (Å²) in [6.45, 7) is 5.08. The molecule has 1 N–H and O–H groups in total. The molecule has 0 aliphatic carbocycles. The Bertz CT molecular complexity index is 711. The number of ether oxygens (including phenoxy) is 2. The number of amides is 1. The number of carbonyl (C=O) groups excluding carboxylic acids is 2. The largest absolute Gasteiger partial charge is 0.482 e. The highest BCUT2D eigenvalue weighted by molar-refractivity contribution is 5.84. The number of esters is 1. The van der Waals surface area contributed by atoms with Crippen molar-refractivity contribution in [3.63, 3.8) is 0 Å². The van der Waals surface area contributed by atoms with Gasteiger partial charge < -0.3 is 14.8 Å². The molecule has 120 valence electrons. The average Bonchev–Trinajstić information content (AvgIpc) is 2.57. The third-order valence-corrected chi connectivity index (χ3v) is 3.18. The van der Waals surface area contributed by atoms with Crippen LogP contribution >= 0.6 is 0 Å². The number of benzene rings is 2. The summed E-state index contributed by atoms with van der Waals surface area (Å²) in [6, 6.07) is 13.4. The normalized spacial score (nSPS) is 11.5. The van der Waals surface area contributed by atoms with Crippen molar-refractivity contribution in [2.75, 3.05) is 13.2 Å². The maximum atomic E-state index is 11.7. The van der Waals surface area contributed by atoms with Crippen LogP contribution < -0.4 is 10.1 Å². The lowest BCUT2D eigenvalue weighted by molar-refractivity contribution is -0.156. The zero-order valence-electron chi connectivity index (χ0n) is 13.0. The predicted octanol–water partition coefficient (Wildman–Crippen LogP) is 2.45. The second-order valence-electron chi connectivity index (χ2n) is 4.96. The molecule has 0 aromatic heterocycles. The lowest BCUT2D eigenvalue weighted by Crippen LogP contribution is -2.36. The fraction of sp³-hybridized carbons (Fsp3) is 0.222. The van der Waals surface area contributed by atoms with Gasteiger partial charge in [-0.05, 0) is 29.8 Å². The molecule has 2 rings (SSSR count). The molecular weight excluding hydrogens is 294 g/mol. The van der Waals surface area contributed by atoms with E-state index in [2.05, 4.69) is 11.9 Å². The molecule has 0 radical (unpaired) electrons. The molecule has 0 saturated carbocycles. The Kier molecular flexibility index (Phi) is 5.74. The van der Waals surface area contributed by atoms with Gasteiger partial charge in [-0.15, -0.1) is 6.58 Å². The molecule has 5 nitrogen and oxygen atoms in total. The minimum atomic E-state index is -0.873. The summed E-state index contributed by atoms with van der Waals surface area (Å²) in [5, 5.41) is 4.67. The summed E-state index contributed by atoms with van der Waals surface area (Å²) in [5.41, 5.74) is 0. The van der Waals surface area contributed by atoms with E-state index in [0.29, 0.717) is 12.3 Å². The molecule has 23 heavy (non-hydrogen) atoms. The highest BCUT2D eigenvalue weighted by Crippen LogP contribution is 2.20. The van der Waals surface area contributed by atoms with E-state index in [4.69, 9.17) is 9.47 Å². The van der Waals surface area contributed by atoms with E-state index in [1.54, 1.807) is 12.1 Å². The van der Waals surface area contributed by atoms with Gasteiger partial charge in [-0.25, -0.2) is 4.79 Å². The van der Waals surface area contributed by atoms with E-state index in [1.807, 2.05) is 36.4 Å². The lowest BCUT2D eigenvalue weighted by atomic mass is 10.1. The van der Waals surface area contributed by atoms with Crippen LogP contribution in [0.25, 0.3) is 10.8 Å². The fourth-order valence-electron chi connectivity index (χ4n) is 2.00. The second kappa shape index (κ2) is 7.98. The summed E-state index contributed by atoms with van der Waals surface area (Å²) in [4.78, 5) is 23.3. The molecule has 5 heteroatoms. The summed E-state index contributed by atoms with van der Waals surface area (Å²) in [7, 11) is 0. The summed E-state index contributed by atoms with van der Waals surface area (Å²) in [6.07, 6.45) is 0.678. The van der Waals surface area contributed by atoms with Crippen LogP contribution in [0.4, 0.5) is 0 Å². The molecule has 0 bridgehead atoms. The van der Waals surface area contributed by atoms with Gasteiger partial charge in [0, 0.05) is 6.54 Å². The molecule has 0 aliphatic heterocycles. The average molecular weight is 313 g/mol. The molecule has 2 aromatic carbocycles. The molecular formula is C18H19NO4. The van der Waals surface area contributed by atoms with E-state index in [0.717, 1.165) is 10.8 Å². The predicted molar refractivity (Wildman–Crippen MR) is 88.2 cm³/mol. The molecule has 0 aliphatic rings. The Labute approximate surface area is 134 Å². The van der Waals surface area contributed by atoms with Gasteiger partial charge in [-0.1, -0.05) is 36.4 Å². The number of carbonyl (C=O) groups is 2. The molecule has 1 atom stereocenters. The molecule has 0 spiro atoms. The topological polar surface area (TPSA) is 64.6 Å². The first kappa shape index (κ1) is 16.5. The van der Waals surface area contributed by atoms with Crippen LogP contribution in [0.15, 0.2) is 55.1 Å². The van der Waals surface area contributed by atoms with Crippen LogP contribution in [0.1, 0.15) is 6.92 Å². The smallest absolute Gasteiger partial charge is 0.344 e. The molecule has 1 amide bonds. The highest BCUT2D eigenvalue weighted by Gasteiger charge is 2.17. The molecule has 2 aromatic rings. The lowest BCUT2D eigenvalue weighted by Gasteiger charge is -2.13. The highest BCUT2D eigenvalue weighted by atomic mass is 16.6. The maximum Gasteiger partial charge on any atom is 0.344 e. The summed E-state index contributed by atoms with van der Waals surface area (Å²) < 4.78 is 10.4. The van der Waals surface area contributed by atoms with Crippen LogP contribution in [0.3, 0.4) is 0 Å². The Morgan fingerprint density at radius 1 is 1.22 bits per heavy atom. The zero-order valence-corrected chi connectivity index (χ0v) is 13.0. The van der Waals surface area contributed by atoms with Gasteiger partial charge in [0.25, 0.3) is 5.91 Å². The van der Waals surface area contributed by atoms with Gasteiger partial charge in [-0.2, -0.15) is 0 Å². The van der Waals surface area contributed by atoms with Gasteiger partial charge in [0.2, 0.25) is 0 Å². The van der Waals surface area contributed by atoms with Crippen LogP contribution in [0.2, 0.25) is 0 Å². The van der Waals surface area contributed by atoms with E-state index >= 15 is 0 Å². The Hall–Kier alpha value is -2.82. The van der Waals surface area contributed by atoms with Gasteiger partial charge in [0.05, 0.1) is 0 Å². The third-order valence-electron chi connectivity index (χ3n) is 3.18. The quantitative estimate of drug-likeness (QED) is 0.630. The van der Waals surface area contributed by atoms with Gasteiger partial charge in [0.15, 0.2) is 12.7 Å². The van der Waals surface area contributed by atoms with E-state index in [1.165, 1.54) is 6.92 Å². The minimum Gasteiger partial charge on any atom is -0.482 e. The number of nitrogens with one attached hydrogen (secondary N) is 1. The second-order valence-corrected chi connectivity index (χ2v) is 4.96. The van der Waals surface area contributed by atoms with Crippen molar-refractivity contribution in [2.45, 2.75) is 13.0 Å². The van der Waals surface area contributed by atoms with Crippen molar-refractivity contribution in [2.24, 2.45) is 0 Å². The summed E-state index contributed by atoms with van der Waals surface area (Å²) >= 11 is 0. The molecule has 0 fully saturated rings. The third kappa shape index (κ3) is 4.85. The minimum absolute atomic E-state index is 0.253. The van der Waals surface area contributed by atoms with Gasteiger partial charge >= 0.3 is 5.97 Å². The standard InChI is InChI=1S/C18H19NO4/c1-3-10-19-18(21)13(2)23-17(20)12-22-16-9-8-14-6-4-5-7-15(14)11-16/h3-9,11,13H,1,10,12H2,2H3,(H,19,21). The summed E-state index contributed by atoms with van der Waals surface area (Å²) in [5.74, 6) is -0.396. The van der Waals surface area contributed by atoms with Crippen LogP contribution in [-0.4, -0.2) is 31.1 Å². The van der Waals surface area contributed by atoms with Crippen molar-refractivity contribution in [1.82, 2.24) is 5.32 Å². The number of hydrogen-bond donors (Lipinski definition) is 1. The zero-order chi connectivity index (χ0) is 16.7. The van der Waals surface area contributed by atoms with Crippen LogP contribution in [0, 0.1) is 0 Å². The van der Waals surface area contributed by atoms with E-state index in [-0.39, 0.29) is 12.5 Å². The van der Waals surface area contributed by atoms with E-state index in [9.17, 15) is 9.59 Å². The number of rotatable bonds is 7. The Morgan fingerprint density at radius 2 is 1.96 bits per heavy atom.